The lowest BCUT2D eigenvalue weighted by Gasteiger charge is -2.40. The molecule has 1 aliphatic rings. The molecule has 23 heavy (non-hydrogen) atoms. The minimum atomic E-state index is -0.299. The maximum atomic E-state index is 12.5. The van der Waals surface area contributed by atoms with Crippen LogP contribution in [0.2, 0.25) is 0 Å². The summed E-state index contributed by atoms with van der Waals surface area (Å²) in [7, 11) is 0. The van der Waals surface area contributed by atoms with E-state index >= 15 is 0 Å². The van der Waals surface area contributed by atoms with Gasteiger partial charge in [-0.25, -0.2) is 4.98 Å². The van der Waals surface area contributed by atoms with E-state index in [0.717, 1.165) is 11.6 Å². The predicted octanol–water partition coefficient (Wildman–Crippen LogP) is 1.14. The molecule has 0 bridgehead atoms. The van der Waals surface area contributed by atoms with Crippen LogP contribution in [0.1, 0.15) is 44.8 Å². The lowest BCUT2D eigenvalue weighted by Crippen LogP contribution is -2.58. The summed E-state index contributed by atoms with van der Waals surface area (Å²) < 4.78 is 1.83. The molecule has 0 spiro atoms. The van der Waals surface area contributed by atoms with E-state index in [-0.39, 0.29) is 17.9 Å². The zero-order valence-electron chi connectivity index (χ0n) is 14.6. The Labute approximate surface area is 137 Å². The second-order valence-electron chi connectivity index (χ2n) is 5.96. The van der Waals surface area contributed by atoms with Crippen LogP contribution in [0.4, 0.5) is 0 Å². The van der Waals surface area contributed by atoms with Crippen molar-refractivity contribution in [1.29, 1.82) is 0 Å². The third-order valence-electron chi connectivity index (χ3n) is 4.40. The molecule has 1 atom stereocenters. The molecule has 7 nitrogen and oxygen atoms in total. The van der Waals surface area contributed by atoms with E-state index in [2.05, 4.69) is 10.1 Å². The largest absolute Gasteiger partial charge is 0.339 e. The van der Waals surface area contributed by atoms with Gasteiger partial charge in [0.2, 0.25) is 11.8 Å². The van der Waals surface area contributed by atoms with Gasteiger partial charge in [0.25, 0.3) is 0 Å². The summed E-state index contributed by atoms with van der Waals surface area (Å²) in [4.78, 5) is 32.7. The van der Waals surface area contributed by atoms with Gasteiger partial charge in [0.15, 0.2) is 0 Å². The molecule has 1 aromatic rings. The van der Waals surface area contributed by atoms with Crippen molar-refractivity contribution in [2.75, 3.05) is 19.6 Å². The Kier molecular flexibility index (Phi) is 5.74. The van der Waals surface area contributed by atoms with Crippen LogP contribution in [0.25, 0.3) is 0 Å². The van der Waals surface area contributed by atoms with Crippen LogP contribution in [0.3, 0.4) is 0 Å². The van der Waals surface area contributed by atoms with Crippen LogP contribution >= 0.6 is 0 Å². The number of aryl methyl sites for hydroxylation is 3. The van der Waals surface area contributed by atoms with Crippen LogP contribution in [0, 0.1) is 13.8 Å². The number of nitrogens with zero attached hydrogens (tertiary/aromatic N) is 5. The monoisotopic (exact) mass is 321 g/mol. The molecule has 0 saturated carbocycles. The SMILES string of the molecule is CCC1C(=O)N(CC)CCN1C(=O)CCCn1nc(C)nc1C. The molecule has 1 aliphatic heterocycles. The number of amides is 2. The first-order chi connectivity index (χ1) is 11.0. The highest BCUT2D eigenvalue weighted by atomic mass is 16.2. The van der Waals surface area contributed by atoms with Crippen LogP contribution < -0.4 is 0 Å². The summed E-state index contributed by atoms with van der Waals surface area (Å²) in [5.41, 5.74) is 0. The summed E-state index contributed by atoms with van der Waals surface area (Å²) >= 11 is 0. The fraction of sp³-hybridized carbons (Fsp3) is 0.750. The third-order valence-corrected chi connectivity index (χ3v) is 4.40. The summed E-state index contributed by atoms with van der Waals surface area (Å²) in [5, 5.41) is 4.30. The Morgan fingerprint density at radius 1 is 1.26 bits per heavy atom. The van der Waals surface area contributed by atoms with E-state index < -0.39 is 0 Å². The second kappa shape index (κ2) is 7.57. The van der Waals surface area contributed by atoms with Crippen molar-refractivity contribution in [3.05, 3.63) is 11.6 Å². The minimum Gasteiger partial charge on any atom is -0.339 e. The van der Waals surface area contributed by atoms with Crippen LogP contribution in [-0.4, -0.2) is 62.1 Å². The van der Waals surface area contributed by atoms with E-state index in [1.54, 1.807) is 4.90 Å². The van der Waals surface area contributed by atoms with Crippen molar-refractivity contribution in [1.82, 2.24) is 24.6 Å². The maximum Gasteiger partial charge on any atom is 0.245 e. The quantitative estimate of drug-likeness (QED) is 0.788. The maximum absolute atomic E-state index is 12.5. The molecule has 1 saturated heterocycles. The van der Waals surface area contributed by atoms with E-state index in [1.165, 1.54) is 0 Å². The average Bonchev–Trinajstić information content (AvgIpc) is 2.84. The molecule has 0 N–H and O–H groups in total. The first-order valence-corrected chi connectivity index (χ1v) is 8.44. The molecule has 1 aromatic heterocycles. The normalized spacial score (nSPS) is 18.6. The molecule has 0 radical (unpaired) electrons. The number of likely N-dealkylation sites (N-methyl/N-ethyl adjacent to an activating group) is 1. The van der Waals surface area contributed by atoms with Crippen molar-refractivity contribution in [3.8, 4) is 0 Å². The van der Waals surface area contributed by atoms with Crippen molar-refractivity contribution in [3.63, 3.8) is 0 Å². The van der Waals surface area contributed by atoms with Gasteiger partial charge in [-0.15, -0.1) is 0 Å². The number of carbonyl (C=O) groups is 2. The molecular formula is C16H27N5O2. The lowest BCUT2D eigenvalue weighted by molar-refractivity contribution is -0.151. The summed E-state index contributed by atoms with van der Waals surface area (Å²) in [6.45, 7) is 10.4. The van der Waals surface area contributed by atoms with E-state index in [9.17, 15) is 9.59 Å². The smallest absolute Gasteiger partial charge is 0.245 e. The topological polar surface area (TPSA) is 71.3 Å². The number of hydrogen-bond acceptors (Lipinski definition) is 4. The molecule has 7 heteroatoms. The zero-order chi connectivity index (χ0) is 17.0. The van der Waals surface area contributed by atoms with Gasteiger partial charge in [0.05, 0.1) is 0 Å². The fourth-order valence-electron chi connectivity index (χ4n) is 3.14. The van der Waals surface area contributed by atoms with Crippen molar-refractivity contribution < 1.29 is 9.59 Å². The molecular weight excluding hydrogens is 294 g/mol. The van der Waals surface area contributed by atoms with E-state index in [0.29, 0.717) is 45.4 Å². The summed E-state index contributed by atoms with van der Waals surface area (Å²) in [5.74, 6) is 1.77. The van der Waals surface area contributed by atoms with Crippen LogP contribution in [0.5, 0.6) is 0 Å². The van der Waals surface area contributed by atoms with Gasteiger partial charge in [-0.1, -0.05) is 6.92 Å². The number of hydrogen-bond donors (Lipinski definition) is 0. The van der Waals surface area contributed by atoms with Gasteiger partial charge in [-0.2, -0.15) is 5.10 Å². The minimum absolute atomic E-state index is 0.0652. The van der Waals surface area contributed by atoms with E-state index in [4.69, 9.17) is 0 Å². The first kappa shape index (κ1) is 17.4. The fourth-order valence-corrected chi connectivity index (χ4v) is 3.14. The third kappa shape index (κ3) is 3.89. The van der Waals surface area contributed by atoms with Crippen LogP contribution in [0.15, 0.2) is 0 Å². The standard InChI is InChI=1S/C16H27N5O2/c1-5-14-16(23)19(6-2)10-11-20(14)15(22)8-7-9-21-13(4)17-12(3)18-21/h14H,5-11H2,1-4H3. The van der Waals surface area contributed by atoms with Gasteiger partial charge in [0.1, 0.15) is 17.7 Å². The van der Waals surface area contributed by atoms with Gasteiger partial charge < -0.3 is 9.80 Å². The Morgan fingerprint density at radius 2 is 2.00 bits per heavy atom. The molecule has 2 amide bonds. The van der Waals surface area contributed by atoms with E-state index in [1.807, 2.05) is 37.3 Å². The molecule has 1 fully saturated rings. The van der Waals surface area contributed by atoms with Gasteiger partial charge in [-0.3, -0.25) is 14.3 Å². The average molecular weight is 321 g/mol. The van der Waals surface area contributed by atoms with Crippen molar-refractivity contribution in [2.24, 2.45) is 0 Å². The van der Waals surface area contributed by atoms with Crippen molar-refractivity contribution >= 4 is 11.8 Å². The zero-order valence-corrected chi connectivity index (χ0v) is 14.6. The lowest BCUT2D eigenvalue weighted by atomic mass is 10.1. The molecule has 2 heterocycles. The Hall–Kier alpha value is -1.92. The molecule has 1 unspecified atom stereocenters. The summed E-state index contributed by atoms with van der Waals surface area (Å²) in [6.07, 6.45) is 1.82. The van der Waals surface area contributed by atoms with Gasteiger partial charge in [0, 0.05) is 32.6 Å². The van der Waals surface area contributed by atoms with Gasteiger partial charge in [-0.05, 0) is 33.6 Å². The van der Waals surface area contributed by atoms with Crippen LogP contribution in [-0.2, 0) is 16.1 Å². The molecule has 2 rings (SSSR count). The predicted molar refractivity (Wildman–Crippen MR) is 86.8 cm³/mol. The van der Waals surface area contributed by atoms with Gasteiger partial charge >= 0.3 is 0 Å². The molecule has 0 aliphatic carbocycles. The number of carbonyl (C=O) groups excluding carboxylic acids is 2. The number of rotatable bonds is 6. The highest BCUT2D eigenvalue weighted by Gasteiger charge is 2.35. The van der Waals surface area contributed by atoms with Crippen molar-refractivity contribution in [2.45, 2.75) is 59.5 Å². The molecule has 0 aromatic carbocycles. The number of aromatic nitrogens is 3. The molecule has 128 valence electrons. The Bertz CT molecular complexity index is 569. The highest BCUT2D eigenvalue weighted by Crippen LogP contribution is 2.16. The Morgan fingerprint density at radius 3 is 2.57 bits per heavy atom. The second-order valence-corrected chi connectivity index (χ2v) is 5.96. The summed E-state index contributed by atoms with van der Waals surface area (Å²) in [6, 6.07) is -0.299. The first-order valence-electron chi connectivity index (χ1n) is 8.44. The number of piperazine rings is 1. The Balaban J connectivity index is 1.89. The highest BCUT2D eigenvalue weighted by molar-refractivity contribution is 5.88.